The topological polar surface area (TPSA) is 46.1 Å². The molecule has 0 aliphatic rings. The highest BCUT2D eigenvalue weighted by molar-refractivity contribution is 7.99. The molecule has 0 saturated carbocycles. The van der Waals surface area contributed by atoms with Gasteiger partial charge in [0, 0.05) is 11.1 Å². The number of benzene rings is 2. The van der Waals surface area contributed by atoms with Gasteiger partial charge in [0.15, 0.2) is 5.13 Å². The smallest absolute Gasteiger partial charge is 0.261 e. The van der Waals surface area contributed by atoms with Gasteiger partial charge in [-0.2, -0.15) is 0 Å². The van der Waals surface area contributed by atoms with Gasteiger partial charge < -0.3 is 0 Å². The molecule has 0 radical (unpaired) electrons. The average molecular weight is 420 g/mol. The standard InChI is InChI=1S/C23H21N3OS2/c1-3-28-20-10-5-4-9-18(20)22(27)26(15-17-8-6-7-13-24-17)23-25-19-12-11-16(2)14-21(19)29-23/h4-14H,3,15H2,1-2H3. The van der Waals surface area contributed by atoms with Crippen molar-refractivity contribution in [3.63, 3.8) is 0 Å². The van der Waals surface area contributed by atoms with Crippen LogP contribution in [0.15, 0.2) is 71.8 Å². The summed E-state index contributed by atoms with van der Waals surface area (Å²) in [6, 6.07) is 19.7. The summed E-state index contributed by atoms with van der Waals surface area (Å²) in [4.78, 5) is 25.6. The van der Waals surface area contributed by atoms with Crippen molar-refractivity contribution in [1.82, 2.24) is 9.97 Å². The lowest BCUT2D eigenvalue weighted by molar-refractivity contribution is 0.0982. The summed E-state index contributed by atoms with van der Waals surface area (Å²) in [7, 11) is 0. The number of hydrogen-bond acceptors (Lipinski definition) is 5. The Bertz CT molecular complexity index is 1140. The molecule has 146 valence electrons. The Kier molecular flexibility index (Phi) is 5.92. The fraction of sp³-hybridized carbons (Fsp3) is 0.174. The highest BCUT2D eigenvalue weighted by Crippen LogP contribution is 2.32. The van der Waals surface area contributed by atoms with E-state index in [1.165, 1.54) is 5.56 Å². The van der Waals surface area contributed by atoms with Crippen LogP contribution in [0.25, 0.3) is 10.2 Å². The van der Waals surface area contributed by atoms with Crippen LogP contribution in [0.3, 0.4) is 0 Å². The molecule has 4 nitrogen and oxygen atoms in total. The van der Waals surface area contributed by atoms with Gasteiger partial charge in [0.1, 0.15) is 0 Å². The van der Waals surface area contributed by atoms with E-state index in [0.29, 0.717) is 17.2 Å². The highest BCUT2D eigenvalue weighted by atomic mass is 32.2. The normalized spacial score (nSPS) is 11.0. The maximum Gasteiger partial charge on any atom is 0.261 e. The Labute approximate surface area is 178 Å². The number of aryl methyl sites for hydroxylation is 1. The fourth-order valence-electron chi connectivity index (χ4n) is 3.09. The lowest BCUT2D eigenvalue weighted by atomic mass is 10.2. The number of thioether (sulfide) groups is 1. The van der Waals surface area contributed by atoms with E-state index in [1.807, 2.05) is 54.6 Å². The number of fused-ring (bicyclic) bond motifs is 1. The first-order valence-electron chi connectivity index (χ1n) is 9.46. The summed E-state index contributed by atoms with van der Waals surface area (Å²) in [5, 5.41) is 0.692. The minimum Gasteiger partial charge on any atom is -0.278 e. The second-order valence-corrected chi connectivity index (χ2v) is 8.92. The van der Waals surface area contributed by atoms with Crippen LogP contribution in [0.2, 0.25) is 0 Å². The van der Waals surface area contributed by atoms with Crippen molar-refractivity contribution in [2.24, 2.45) is 0 Å². The van der Waals surface area contributed by atoms with Gasteiger partial charge in [-0.1, -0.05) is 42.5 Å². The number of amides is 1. The predicted molar refractivity (Wildman–Crippen MR) is 122 cm³/mol. The van der Waals surface area contributed by atoms with E-state index < -0.39 is 0 Å². The SMILES string of the molecule is CCSc1ccccc1C(=O)N(Cc1ccccn1)c1nc2ccc(C)cc2s1. The third kappa shape index (κ3) is 4.33. The molecule has 29 heavy (non-hydrogen) atoms. The van der Waals surface area contributed by atoms with Crippen molar-refractivity contribution in [3.05, 3.63) is 83.7 Å². The van der Waals surface area contributed by atoms with Crippen LogP contribution in [-0.4, -0.2) is 21.6 Å². The van der Waals surface area contributed by atoms with Crippen molar-refractivity contribution >= 4 is 44.4 Å². The third-order valence-electron chi connectivity index (χ3n) is 4.47. The number of nitrogens with zero attached hydrogens (tertiary/aromatic N) is 3. The quantitative estimate of drug-likeness (QED) is 0.362. The van der Waals surface area contributed by atoms with Crippen LogP contribution in [0.1, 0.15) is 28.5 Å². The monoisotopic (exact) mass is 419 g/mol. The number of carbonyl (C=O) groups excluding carboxylic acids is 1. The summed E-state index contributed by atoms with van der Waals surface area (Å²) < 4.78 is 1.08. The Balaban J connectivity index is 1.78. The lowest BCUT2D eigenvalue weighted by Crippen LogP contribution is -2.31. The molecule has 0 unspecified atom stereocenters. The van der Waals surface area contributed by atoms with Crippen molar-refractivity contribution in [1.29, 1.82) is 0 Å². The maximum absolute atomic E-state index is 13.6. The van der Waals surface area contributed by atoms with Gasteiger partial charge in [-0.25, -0.2) is 4.98 Å². The summed E-state index contributed by atoms with van der Waals surface area (Å²) in [6.45, 7) is 4.53. The first kappa shape index (κ1) is 19.6. The number of pyridine rings is 1. The van der Waals surface area contributed by atoms with Gasteiger partial charge in [0.2, 0.25) is 0 Å². The molecule has 0 aliphatic heterocycles. The molecule has 2 aromatic heterocycles. The number of thiazole rings is 1. The number of aromatic nitrogens is 2. The molecule has 0 bridgehead atoms. The summed E-state index contributed by atoms with van der Waals surface area (Å²) in [6.07, 6.45) is 1.75. The van der Waals surface area contributed by atoms with Crippen LogP contribution in [0, 0.1) is 6.92 Å². The average Bonchev–Trinajstić information content (AvgIpc) is 3.16. The van der Waals surface area contributed by atoms with E-state index in [4.69, 9.17) is 4.98 Å². The zero-order valence-corrected chi connectivity index (χ0v) is 18.0. The zero-order valence-electron chi connectivity index (χ0n) is 16.3. The Hall–Kier alpha value is -2.70. The molecule has 4 rings (SSSR count). The molecular weight excluding hydrogens is 398 g/mol. The van der Waals surface area contributed by atoms with Gasteiger partial charge in [-0.3, -0.25) is 14.7 Å². The van der Waals surface area contributed by atoms with Gasteiger partial charge in [-0.05, 0) is 54.6 Å². The van der Waals surface area contributed by atoms with Gasteiger partial charge in [-0.15, -0.1) is 11.8 Å². The minimum atomic E-state index is -0.0528. The minimum absolute atomic E-state index is 0.0528. The van der Waals surface area contributed by atoms with Gasteiger partial charge in [0.05, 0.1) is 28.0 Å². The lowest BCUT2D eigenvalue weighted by Gasteiger charge is -2.21. The Morgan fingerprint density at radius 3 is 2.72 bits per heavy atom. The molecule has 0 atom stereocenters. The largest absolute Gasteiger partial charge is 0.278 e. The molecule has 0 N–H and O–H groups in total. The first-order valence-corrected chi connectivity index (χ1v) is 11.3. The van der Waals surface area contributed by atoms with Gasteiger partial charge >= 0.3 is 0 Å². The first-order chi connectivity index (χ1) is 14.2. The number of carbonyl (C=O) groups is 1. The zero-order chi connectivity index (χ0) is 20.2. The molecule has 6 heteroatoms. The predicted octanol–water partition coefficient (Wildman–Crippen LogP) is 5.96. The van der Waals surface area contributed by atoms with E-state index in [1.54, 1.807) is 34.2 Å². The van der Waals surface area contributed by atoms with E-state index in [2.05, 4.69) is 24.9 Å². The molecular formula is C23H21N3OS2. The molecule has 0 aliphatic carbocycles. The molecule has 0 fully saturated rings. The molecule has 2 aromatic carbocycles. The summed E-state index contributed by atoms with van der Waals surface area (Å²) in [5.41, 5.74) is 3.62. The molecule has 0 saturated heterocycles. The highest BCUT2D eigenvalue weighted by Gasteiger charge is 2.24. The van der Waals surface area contributed by atoms with Crippen molar-refractivity contribution in [2.45, 2.75) is 25.3 Å². The van der Waals surface area contributed by atoms with E-state index in [0.717, 1.165) is 26.6 Å². The molecule has 1 amide bonds. The van der Waals surface area contributed by atoms with Crippen LogP contribution in [-0.2, 0) is 6.54 Å². The fourth-order valence-corrected chi connectivity index (χ4v) is 4.94. The summed E-state index contributed by atoms with van der Waals surface area (Å²) >= 11 is 3.22. The number of hydrogen-bond donors (Lipinski definition) is 0. The van der Waals surface area contributed by atoms with Crippen LogP contribution in [0.5, 0.6) is 0 Å². The number of anilines is 1. The van der Waals surface area contributed by atoms with E-state index >= 15 is 0 Å². The molecule has 4 aromatic rings. The second kappa shape index (κ2) is 8.76. The van der Waals surface area contributed by atoms with Crippen molar-refractivity contribution < 1.29 is 4.79 Å². The molecule has 0 spiro atoms. The van der Waals surface area contributed by atoms with Crippen LogP contribution in [0.4, 0.5) is 5.13 Å². The third-order valence-corrected chi connectivity index (χ3v) is 6.47. The Morgan fingerprint density at radius 2 is 1.93 bits per heavy atom. The van der Waals surface area contributed by atoms with Gasteiger partial charge in [0.25, 0.3) is 5.91 Å². The second-order valence-electron chi connectivity index (χ2n) is 6.61. The van der Waals surface area contributed by atoms with E-state index in [-0.39, 0.29) is 5.91 Å². The van der Waals surface area contributed by atoms with Crippen LogP contribution < -0.4 is 4.90 Å². The van der Waals surface area contributed by atoms with Crippen molar-refractivity contribution in [3.8, 4) is 0 Å². The van der Waals surface area contributed by atoms with E-state index in [9.17, 15) is 4.79 Å². The maximum atomic E-state index is 13.6. The number of rotatable bonds is 6. The molecule has 2 heterocycles. The van der Waals surface area contributed by atoms with Crippen molar-refractivity contribution in [2.75, 3.05) is 10.7 Å². The van der Waals surface area contributed by atoms with Crippen LogP contribution >= 0.6 is 23.1 Å². The summed E-state index contributed by atoms with van der Waals surface area (Å²) in [5.74, 6) is 0.855. The Morgan fingerprint density at radius 1 is 1.10 bits per heavy atom.